The zero-order valence-corrected chi connectivity index (χ0v) is 9.94. The molecule has 1 aromatic rings. The summed E-state index contributed by atoms with van der Waals surface area (Å²) < 4.78 is 0. The number of aryl methyl sites for hydroxylation is 1. The molecule has 1 aliphatic carbocycles. The van der Waals surface area contributed by atoms with Gasteiger partial charge in [-0.3, -0.25) is 0 Å². The molecule has 1 saturated carbocycles. The standard InChI is InChI=1S/C12H16N4/c1-8-6-11(7-13)15-12(14-8)16(3)9(2)10-4-5-10/h6,9-10H,4-5H2,1-3H3. The Kier molecular flexibility index (Phi) is 2.78. The number of hydrogen-bond donors (Lipinski definition) is 0. The van der Waals surface area contributed by atoms with Crippen LogP contribution in [-0.2, 0) is 0 Å². The molecular formula is C12H16N4. The smallest absolute Gasteiger partial charge is 0.226 e. The Morgan fingerprint density at radius 3 is 2.75 bits per heavy atom. The normalized spacial score (nSPS) is 16.6. The van der Waals surface area contributed by atoms with E-state index in [1.165, 1.54) is 12.8 Å². The number of aromatic nitrogens is 2. The van der Waals surface area contributed by atoms with E-state index >= 15 is 0 Å². The quantitative estimate of drug-likeness (QED) is 0.774. The molecule has 2 rings (SSSR count). The van der Waals surface area contributed by atoms with Gasteiger partial charge in [-0.1, -0.05) is 0 Å². The Labute approximate surface area is 95.9 Å². The minimum atomic E-state index is 0.442. The van der Waals surface area contributed by atoms with Gasteiger partial charge in [0, 0.05) is 18.8 Å². The molecule has 0 amide bonds. The molecule has 4 heteroatoms. The minimum Gasteiger partial charge on any atom is -0.341 e. The Hall–Kier alpha value is -1.63. The number of rotatable bonds is 3. The third-order valence-corrected chi connectivity index (χ3v) is 3.19. The van der Waals surface area contributed by atoms with E-state index in [1.54, 1.807) is 6.07 Å². The molecule has 0 spiro atoms. The Morgan fingerprint density at radius 1 is 1.50 bits per heavy atom. The molecule has 1 heterocycles. The maximum Gasteiger partial charge on any atom is 0.226 e. The molecule has 0 N–H and O–H groups in total. The maximum atomic E-state index is 8.87. The first-order chi connectivity index (χ1) is 7.61. The second-order valence-corrected chi connectivity index (χ2v) is 4.50. The number of nitrogens with zero attached hydrogens (tertiary/aromatic N) is 4. The fourth-order valence-corrected chi connectivity index (χ4v) is 1.84. The van der Waals surface area contributed by atoms with Gasteiger partial charge in [0.1, 0.15) is 11.8 Å². The van der Waals surface area contributed by atoms with Crippen molar-refractivity contribution < 1.29 is 0 Å². The summed E-state index contributed by atoms with van der Waals surface area (Å²) in [5.41, 5.74) is 1.29. The van der Waals surface area contributed by atoms with Gasteiger partial charge in [-0.05, 0) is 38.7 Å². The molecule has 0 aromatic carbocycles. The van der Waals surface area contributed by atoms with Crippen LogP contribution in [0.25, 0.3) is 0 Å². The zero-order valence-electron chi connectivity index (χ0n) is 9.94. The average Bonchev–Trinajstić information content (AvgIpc) is 3.10. The molecule has 4 nitrogen and oxygen atoms in total. The van der Waals surface area contributed by atoms with E-state index in [1.807, 2.05) is 14.0 Å². The lowest BCUT2D eigenvalue weighted by atomic mass is 10.2. The van der Waals surface area contributed by atoms with Gasteiger partial charge in [-0.2, -0.15) is 5.26 Å². The average molecular weight is 216 g/mol. The van der Waals surface area contributed by atoms with Crippen LogP contribution in [0, 0.1) is 24.2 Å². The van der Waals surface area contributed by atoms with Gasteiger partial charge in [-0.25, -0.2) is 9.97 Å². The molecule has 1 atom stereocenters. The number of nitriles is 1. The van der Waals surface area contributed by atoms with Crippen LogP contribution in [-0.4, -0.2) is 23.1 Å². The monoisotopic (exact) mass is 216 g/mol. The largest absolute Gasteiger partial charge is 0.341 e. The summed E-state index contributed by atoms with van der Waals surface area (Å²) in [7, 11) is 2.00. The van der Waals surface area contributed by atoms with Crippen LogP contribution in [0.4, 0.5) is 5.95 Å². The van der Waals surface area contributed by atoms with Gasteiger partial charge in [0.05, 0.1) is 0 Å². The predicted molar refractivity (Wildman–Crippen MR) is 62.1 cm³/mol. The first kappa shape index (κ1) is 10.9. The van der Waals surface area contributed by atoms with Crippen molar-refractivity contribution in [3.63, 3.8) is 0 Å². The van der Waals surface area contributed by atoms with E-state index in [0.29, 0.717) is 17.7 Å². The summed E-state index contributed by atoms with van der Waals surface area (Å²) in [5.74, 6) is 1.43. The minimum absolute atomic E-state index is 0.442. The summed E-state index contributed by atoms with van der Waals surface area (Å²) in [6, 6.07) is 4.23. The van der Waals surface area contributed by atoms with Crippen molar-refractivity contribution in [1.29, 1.82) is 5.26 Å². The van der Waals surface area contributed by atoms with Crippen molar-refractivity contribution >= 4 is 5.95 Å². The summed E-state index contributed by atoms with van der Waals surface area (Å²) in [6.07, 6.45) is 2.59. The molecule has 0 saturated heterocycles. The van der Waals surface area contributed by atoms with Crippen molar-refractivity contribution in [2.24, 2.45) is 5.92 Å². The summed E-state index contributed by atoms with van der Waals surface area (Å²) in [6.45, 7) is 4.08. The third-order valence-electron chi connectivity index (χ3n) is 3.19. The lowest BCUT2D eigenvalue weighted by Gasteiger charge is -2.24. The van der Waals surface area contributed by atoms with Gasteiger partial charge in [0.2, 0.25) is 5.95 Å². The highest BCUT2D eigenvalue weighted by atomic mass is 15.3. The van der Waals surface area contributed by atoms with Crippen LogP contribution >= 0.6 is 0 Å². The van der Waals surface area contributed by atoms with Crippen LogP contribution in [0.2, 0.25) is 0 Å². The van der Waals surface area contributed by atoms with Crippen LogP contribution in [0.3, 0.4) is 0 Å². The molecule has 1 aliphatic rings. The van der Waals surface area contributed by atoms with Crippen molar-refractivity contribution in [2.45, 2.75) is 32.7 Å². The van der Waals surface area contributed by atoms with Gasteiger partial charge < -0.3 is 4.90 Å². The van der Waals surface area contributed by atoms with E-state index in [-0.39, 0.29) is 0 Å². The lowest BCUT2D eigenvalue weighted by molar-refractivity contribution is 0.596. The molecular weight excluding hydrogens is 200 g/mol. The Morgan fingerprint density at radius 2 is 2.19 bits per heavy atom. The molecule has 1 aromatic heterocycles. The van der Waals surface area contributed by atoms with Gasteiger partial charge in [-0.15, -0.1) is 0 Å². The summed E-state index contributed by atoms with van der Waals surface area (Å²) >= 11 is 0. The van der Waals surface area contributed by atoms with Crippen LogP contribution in [0.1, 0.15) is 31.2 Å². The number of hydrogen-bond acceptors (Lipinski definition) is 4. The third kappa shape index (κ3) is 2.13. The van der Waals surface area contributed by atoms with Crippen LogP contribution in [0.15, 0.2) is 6.07 Å². The first-order valence-electron chi connectivity index (χ1n) is 5.60. The van der Waals surface area contributed by atoms with Gasteiger partial charge in [0.15, 0.2) is 0 Å². The second-order valence-electron chi connectivity index (χ2n) is 4.50. The molecule has 16 heavy (non-hydrogen) atoms. The summed E-state index contributed by atoms with van der Waals surface area (Å²) in [5, 5.41) is 8.87. The predicted octanol–water partition coefficient (Wildman–Crippen LogP) is 1.89. The highest BCUT2D eigenvalue weighted by Crippen LogP contribution is 2.35. The molecule has 1 fully saturated rings. The highest BCUT2D eigenvalue weighted by Gasteiger charge is 2.31. The van der Waals surface area contributed by atoms with Crippen molar-refractivity contribution in [3.05, 3.63) is 17.5 Å². The van der Waals surface area contributed by atoms with Crippen molar-refractivity contribution in [2.75, 3.05) is 11.9 Å². The van der Waals surface area contributed by atoms with Gasteiger partial charge >= 0.3 is 0 Å². The van der Waals surface area contributed by atoms with Gasteiger partial charge in [0.25, 0.3) is 0 Å². The van der Waals surface area contributed by atoms with Crippen LogP contribution < -0.4 is 4.90 Å². The fraction of sp³-hybridized carbons (Fsp3) is 0.583. The SMILES string of the molecule is Cc1cc(C#N)nc(N(C)C(C)C2CC2)n1. The van der Waals surface area contributed by atoms with E-state index in [4.69, 9.17) is 5.26 Å². The first-order valence-corrected chi connectivity index (χ1v) is 5.60. The number of anilines is 1. The molecule has 0 aliphatic heterocycles. The van der Waals surface area contributed by atoms with Crippen molar-refractivity contribution in [3.8, 4) is 6.07 Å². The van der Waals surface area contributed by atoms with E-state index < -0.39 is 0 Å². The van der Waals surface area contributed by atoms with E-state index in [2.05, 4.69) is 27.9 Å². The topological polar surface area (TPSA) is 52.8 Å². The second kappa shape index (κ2) is 4.09. The highest BCUT2D eigenvalue weighted by molar-refractivity contribution is 5.36. The van der Waals surface area contributed by atoms with Crippen molar-refractivity contribution in [1.82, 2.24) is 9.97 Å². The molecule has 84 valence electrons. The fourth-order valence-electron chi connectivity index (χ4n) is 1.84. The Balaban J connectivity index is 2.25. The van der Waals surface area contributed by atoms with E-state index in [0.717, 1.165) is 11.6 Å². The zero-order chi connectivity index (χ0) is 11.7. The Bertz CT molecular complexity index is 431. The maximum absolute atomic E-state index is 8.87. The molecule has 1 unspecified atom stereocenters. The van der Waals surface area contributed by atoms with E-state index in [9.17, 15) is 0 Å². The molecule has 0 radical (unpaired) electrons. The molecule has 0 bridgehead atoms. The lowest BCUT2D eigenvalue weighted by Crippen LogP contribution is -2.32. The summed E-state index contributed by atoms with van der Waals surface area (Å²) in [4.78, 5) is 10.7. The van der Waals surface area contributed by atoms with Crippen LogP contribution in [0.5, 0.6) is 0 Å².